The van der Waals surface area contributed by atoms with E-state index in [-0.39, 0.29) is 16.5 Å². The molecule has 0 aliphatic carbocycles. The van der Waals surface area contributed by atoms with E-state index in [1.165, 1.54) is 28.9 Å². The van der Waals surface area contributed by atoms with Crippen molar-refractivity contribution in [1.29, 1.82) is 0 Å². The number of amides is 1. The van der Waals surface area contributed by atoms with E-state index in [0.29, 0.717) is 23.5 Å². The molecule has 0 saturated carbocycles. The highest BCUT2D eigenvalue weighted by molar-refractivity contribution is 7.92. The number of hydrogen-bond acceptors (Lipinski definition) is 4. The Morgan fingerprint density at radius 2 is 1.67 bits per heavy atom. The van der Waals surface area contributed by atoms with Gasteiger partial charge in [-0.05, 0) is 49.7 Å². The molecular formula is C21H24N4O4S. The quantitative estimate of drug-likeness (QED) is 0.604. The summed E-state index contributed by atoms with van der Waals surface area (Å²) in [4.78, 5) is 24.6. The van der Waals surface area contributed by atoms with Crippen LogP contribution < -0.4 is 15.6 Å². The first-order valence-electron chi connectivity index (χ1n) is 9.51. The fourth-order valence-electron chi connectivity index (χ4n) is 3.05. The lowest BCUT2D eigenvalue weighted by Crippen LogP contribution is -2.23. The second-order valence-electron chi connectivity index (χ2n) is 6.86. The van der Waals surface area contributed by atoms with Gasteiger partial charge in [0.2, 0.25) is 5.91 Å². The first kappa shape index (κ1) is 21.4. The molecule has 0 fully saturated rings. The van der Waals surface area contributed by atoms with Crippen LogP contribution in [0.4, 0.5) is 11.4 Å². The zero-order valence-corrected chi connectivity index (χ0v) is 17.9. The van der Waals surface area contributed by atoms with Gasteiger partial charge in [0.1, 0.15) is 5.69 Å². The molecule has 0 spiro atoms. The molecule has 0 saturated heterocycles. The van der Waals surface area contributed by atoms with Crippen LogP contribution in [0.3, 0.4) is 0 Å². The zero-order valence-electron chi connectivity index (χ0n) is 17.0. The minimum absolute atomic E-state index is 0.00935. The maximum Gasteiger partial charge on any atom is 0.296 e. The second-order valence-corrected chi connectivity index (χ2v) is 8.55. The summed E-state index contributed by atoms with van der Waals surface area (Å²) >= 11 is 0. The van der Waals surface area contributed by atoms with Crippen molar-refractivity contribution in [1.82, 2.24) is 9.36 Å². The number of rotatable bonds is 7. The van der Waals surface area contributed by atoms with E-state index in [9.17, 15) is 18.0 Å². The molecule has 1 aromatic heterocycles. The Balaban J connectivity index is 1.89. The summed E-state index contributed by atoms with van der Waals surface area (Å²) in [7, 11) is -2.30. The third-order valence-electron chi connectivity index (χ3n) is 4.72. The summed E-state index contributed by atoms with van der Waals surface area (Å²) in [5.74, 6) is -0.132. The molecule has 0 unspecified atom stereocenters. The van der Waals surface area contributed by atoms with Gasteiger partial charge in [-0.1, -0.05) is 25.1 Å². The van der Waals surface area contributed by atoms with Gasteiger partial charge in [-0.2, -0.15) is 0 Å². The summed E-state index contributed by atoms with van der Waals surface area (Å²) in [5.41, 5.74) is 1.14. The molecule has 8 nitrogen and oxygen atoms in total. The van der Waals surface area contributed by atoms with E-state index in [0.717, 1.165) is 6.42 Å². The Labute approximate surface area is 175 Å². The van der Waals surface area contributed by atoms with E-state index in [1.807, 2.05) is 13.0 Å². The number of nitrogens with zero attached hydrogens (tertiary/aromatic N) is 2. The topological polar surface area (TPSA) is 102 Å². The van der Waals surface area contributed by atoms with Gasteiger partial charge in [-0.3, -0.25) is 19.0 Å². The van der Waals surface area contributed by atoms with Crippen LogP contribution >= 0.6 is 0 Å². The van der Waals surface area contributed by atoms with E-state index in [2.05, 4.69) is 10.0 Å². The Bertz CT molecular complexity index is 1210. The van der Waals surface area contributed by atoms with Crippen molar-refractivity contribution in [2.24, 2.45) is 7.05 Å². The average Bonchev–Trinajstić information content (AvgIpc) is 2.92. The van der Waals surface area contributed by atoms with Gasteiger partial charge in [-0.15, -0.1) is 0 Å². The highest BCUT2D eigenvalue weighted by atomic mass is 32.2. The standard InChI is InChI=1S/C21H24N4O4S/c1-4-8-19(26)22-16-11-13-18(14-12-16)30(28,29)23-20-15(2)24(3)25(21(20)27)17-9-6-5-7-10-17/h5-7,9-14,23H,4,8H2,1-3H3,(H,22,26). The number of aromatic nitrogens is 2. The van der Waals surface area contributed by atoms with Crippen molar-refractivity contribution in [2.75, 3.05) is 10.0 Å². The molecule has 2 aromatic carbocycles. The monoisotopic (exact) mass is 428 g/mol. The number of benzene rings is 2. The summed E-state index contributed by atoms with van der Waals surface area (Å²) in [6, 6.07) is 14.8. The van der Waals surface area contributed by atoms with Crippen LogP contribution in [0.15, 0.2) is 64.3 Å². The SMILES string of the molecule is CCCC(=O)Nc1ccc(S(=O)(=O)Nc2c(C)n(C)n(-c3ccccc3)c2=O)cc1. The van der Waals surface area contributed by atoms with Crippen molar-refractivity contribution in [3.63, 3.8) is 0 Å². The van der Waals surface area contributed by atoms with Crippen LogP contribution in [0.25, 0.3) is 5.69 Å². The fourth-order valence-corrected chi connectivity index (χ4v) is 4.16. The molecular weight excluding hydrogens is 404 g/mol. The van der Waals surface area contributed by atoms with Crippen LogP contribution in [-0.4, -0.2) is 23.7 Å². The predicted octanol–water partition coefficient (Wildman–Crippen LogP) is 3.02. The summed E-state index contributed by atoms with van der Waals surface area (Å²) in [5, 5.41) is 2.71. The van der Waals surface area contributed by atoms with Crippen LogP contribution in [-0.2, 0) is 21.9 Å². The second kappa shape index (κ2) is 8.58. The Kier molecular flexibility index (Phi) is 6.12. The van der Waals surface area contributed by atoms with Gasteiger partial charge >= 0.3 is 0 Å². The van der Waals surface area contributed by atoms with Crippen molar-refractivity contribution in [3.05, 3.63) is 70.6 Å². The number of hydrogen-bond donors (Lipinski definition) is 2. The van der Waals surface area contributed by atoms with Crippen LogP contribution in [0.2, 0.25) is 0 Å². The minimum Gasteiger partial charge on any atom is -0.326 e. The molecule has 3 aromatic rings. The average molecular weight is 429 g/mol. The first-order chi connectivity index (χ1) is 14.2. The lowest BCUT2D eigenvalue weighted by molar-refractivity contribution is -0.116. The number of carbonyl (C=O) groups is 1. The zero-order chi connectivity index (χ0) is 21.9. The Morgan fingerprint density at radius 1 is 1.03 bits per heavy atom. The molecule has 0 aliphatic heterocycles. The van der Waals surface area contributed by atoms with Crippen LogP contribution in [0.5, 0.6) is 0 Å². The maximum atomic E-state index is 12.9. The van der Waals surface area contributed by atoms with Gasteiger partial charge < -0.3 is 5.32 Å². The van der Waals surface area contributed by atoms with Crippen molar-refractivity contribution < 1.29 is 13.2 Å². The number of para-hydroxylation sites is 1. The predicted molar refractivity (Wildman–Crippen MR) is 117 cm³/mol. The highest BCUT2D eigenvalue weighted by Crippen LogP contribution is 2.20. The smallest absolute Gasteiger partial charge is 0.296 e. The molecule has 0 atom stereocenters. The molecule has 9 heteroatoms. The van der Waals surface area contributed by atoms with E-state index < -0.39 is 15.6 Å². The number of sulfonamides is 1. The largest absolute Gasteiger partial charge is 0.326 e. The molecule has 0 bridgehead atoms. The molecule has 30 heavy (non-hydrogen) atoms. The van der Waals surface area contributed by atoms with Crippen molar-refractivity contribution >= 4 is 27.3 Å². The fraction of sp³-hybridized carbons (Fsp3) is 0.238. The van der Waals surface area contributed by atoms with Gasteiger partial charge in [0.05, 0.1) is 16.3 Å². The third-order valence-corrected chi connectivity index (χ3v) is 6.08. The molecule has 0 aliphatic rings. The lowest BCUT2D eigenvalue weighted by atomic mass is 10.3. The summed E-state index contributed by atoms with van der Waals surface area (Å²) < 4.78 is 31.1. The van der Waals surface area contributed by atoms with E-state index >= 15 is 0 Å². The van der Waals surface area contributed by atoms with E-state index in [1.54, 1.807) is 42.9 Å². The molecule has 2 N–H and O–H groups in total. The molecule has 0 radical (unpaired) electrons. The Morgan fingerprint density at radius 3 is 2.27 bits per heavy atom. The Hall–Kier alpha value is -3.33. The molecule has 1 amide bonds. The lowest BCUT2D eigenvalue weighted by Gasteiger charge is -2.09. The number of nitrogens with one attached hydrogen (secondary N) is 2. The van der Waals surface area contributed by atoms with Gasteiger partial charge in [0.15, 0.2) is 0 Å². The third kappa shape index (κ3) is 4.30. The van der Waals surface area contributed by atoms with Gasteiger partial charge in [-0.25, -0.2) is 13.1 Å². The number of anilines is 2. The highest BCUT2D eigenvalue weighted by Gasteiger charge is 2.22. The minimum atomic E-state index is -3.99. The summed E-state index contributed by atoms with van der Waals surface area (Å²) in [6.45, 7) is 3.57. The first-order valence-corrected chi connectivity index (χ1v) is 11.0. The van der Waals surface area contributed by atoms with Crippen LogP contribution in [0.1, 0.15) is 25.5 Å². The van der Waals surface area contributed by atoms with Crippen LogP contribution in [0, 0.1) is 6.92 Å². The van der Waals surface area contributed by atoms with Gasteiger partial charge in [0.25, 0.3) is 15.6 Å². The maximum absolute atomic E-state index is 12.9. The van der Waals surface area contributed by atoms with E-state index in [4.69, 9.17) is 0 Å². The normalized spacial score (nSPS) is 11.3. The van der Waals surface area contributed by atoms with Crippen molar-refractivity contribution in [2.45, 2.75) is 31.6 Å². The summed E-state index contributed by atoms with van der Waals surface area (Å²) in [6.07, 6.45) is 1.11. The van der Waals surface area contributed by atoms with Crippen molar-refractivity contribution in [3.8, 4) is 5.69 Å². The molecule has 3 rings (SSSR count). The number of carbonyl (C=O) groups excluding carboxylic acids is 1. The molecule has 158 valence electrons. The molecule has 1 heterocycles. The van der Waals surface area contributed by atoms with Gasteiger partial charge in [0, 0.05) is 19.2 Å².